The number of carbonyl (C=O) groups is 1. The van der Waals surface area contributed by atoms with Crippen molar-refractivity contribution in [2.24, 2.45) is 11.1 Å². The van der Waals surface area contributed by atoms with Crippen LogP contribution in [0.15, 0.2) is 30.3 Å². The lowest BCUT2D eigenvalue weighted by Gasteiger charge is -2.42. The molecular formula is C16H22N2O. The molecule has 3 heteroatoms. The van der Waals surface area contributed by atoms with Crippen LogP contribution in [-0.4, -0.2) is 18.0 Å². The number of nitrogens with one attached hydrogen (secondary N) is 1. The first kappa shape index (κ1) is 12.7. The average Bonchev–Trinajstić information content (AvgIpc) is 3.13. The Hall–Kier alpha value is -1.35. The van der Waals surface area contributed by atoms with Crippen LogP contribution < -0.4 is 11.1 Å². The summed E-state index contributed by atoms with van der Waals surface area (Å²) >= 11 is 0. The van der Waals surface area contributed by atoms with Gasteiger partial charge in [-0.2, -0.15) is 0 Å². The largest absolute Gasteiger partial charge is 0.354 e. The quantitative estimate of drug-likeness (QED) is 0.849. The zero-order valence-electron chi connectivity index (χ0n) is 11.3. The van der Waals surface area contributed by atoms with Crippen LogP contribution in [0.25, 0.3) is 0 Å². The summed E-state index contributed by atoms with van der Waals surface area (Å²) in [7, 11) is 0. The van der Waals surface area contributed by atoms with Crippen molar-refractivity contribution < 1.29 is 4.79 Å². The van der Waals surface area contributed by atoms with Crippen LogP contribution in [0, 0.1) is 5.41 Å². The Bertz CT molecular complexity index is 461. The molecule has 0 heterocycles. The van der Waals surface area contributed by atoms with Crippen molar-refractivity contribution in [1.82, 2.24) is 5.32 Å². The topological polar surface area (TPSA) is 55.1 Å². The van der Waals surface area contributed by atoms with Gasteiger partial charge in [0.15, 0.2) is 0 Å². The molecule has 3 nitrogen and oxygen atoms in total. The molecular weight excluding hydrogens is 236 g/mol. The van der Waals surface area contributed by atoms with Crippen LogP contribution in [0.4, 0.5) is 0 Å². The SMILES string of the molecule is NC1(C(=O)NCC2(Cc3ccccc3)CCC2)CC1. The summed E-state index contributed by atoms with van der Waals surface area (Å²) in [6.45, 7) is 0.777. The van der Waals surface area contributed by atoms with Crippen molar-refractivity contribution in [3.8, 4) is 0 Å². The molecule has 102 valence electrons. The third kappa shape index (κ3) is 2.66. The first-order chi connectivity index (χ1) is 9.12. The van der Waals surface area contributed by atoms with Gasteiger partial charge in [0.25, 0.3) is 0 Å². The van der Waals surface area contributed by atoms with E-state index in [0.717, 1.165) is 25.8 Å². The van der Waals surface area contributed by atoms with E-state index in [4.69, 9.17) is 5.73 Å². The van der Waals surface area contributed by atoms with Crippen LogP contribution in [-0.2, 0) is 11.2 Å². The Labute approximate surface area is 114 Å². The molecule has 1 amide bonds. The molecule has 0 aliphatic heterocycles. The van der Waals surface area contributed by atoms with E-state index in [1.165, 1.54) is 24.8 Å². The molecule has 2 fully saturated rings. The Morgan fingerprint density at radius 1 is 1.16 bits per heavy atom. The molecule has 3 rings (SSSR count). The van der Waals surface area contributed by atoms with Gasteiger partial charge >= 0.3 is 0 Å². The molecule has 3 N–H and O–H groups in total. The third-order valence-electron chi connectivity index (χ3n) is 4.70. The van der Waals surface area contributed by atoms with Gasteiger partial charge in [-0.15, -0.1) is 0 Å². The monoisotopic (exact) mass is 258 g/mol. The fraction of sp³-hybridized carbons (Fsp3) is 0.562. The standard InChI is InChI=1S/C16H22N2O/c17-16(9-10-16)14(19)18-12-15(7-4-8-15)11-13-5-2-1-3-6-13/h1-3,5-6H,4,7-12,17H2,(H,18,19). The normalized spacial score (nSPS) is 22.4. The van der Waals surface area contributed by atoms with Crippen molar-refractivity contribution in [2.75, 3.05) is 6.54 Å². The molecule has 1 aromatic rings. The summed E-state index contributed by atoms with van der Waals surface area (Å²) in [6, 6.07) is 10.6. The maximum atomic E-state index is 11.9. The number of hydrogen-bond donors (Lipinski definition) is 2. The van der Waals surface area contributed by atoms with Gasteiger partial charge < -0.3 is 11.1 Å². The first-order valence-electron chi connectivity index (χ1n) is 7.23. The van der Waals surface area contributed by atoms with E-state index in [2.05, 4.69) is 29.6 Å². The van der Waals surface area contributed by atoms with Gasteiger partial charge in [-0.25, -0.2) is 0 Å². The van der Waals surface area contributed by atoms with E-state index in [1.807, 2.05) is 6.07 Å². The van der Waals surface area contributed by atoms with E-state index < -0.39 is 5.54 Å². The van der Waals surface area contributed by atoms with Gasteiger partial charge in [0, 0.05) is 6.54 Å². The zero-order valence-corrected chi connectivity index (χ0v) is 11.3. The Morgan fingerprint density at radius 3 is 2.37 bits per heavy atom. The van der Waals surface area contributed by atoms with Gasteiger partial charge in [-0.1, -0.05) is 36.8 Å². The second kappa shape index (κ2) is 4.64. The van der Waals surface area contributed by atoms with Crippen molar-refractivity contribution in [3.63, 3.8) is 0 Å². The molecule has 2 aliphatic carbocycles. The summed E-state index contributed by atoms with van der Waals surface area (Å²) in [5, 5.41) is 3.08. The number of rotatable bonds is 5. The third-order valence-corrected chi connectivity index (χ3v) is 4.70. The first-order valence-corrected chi connectivity index (χ1v) is 7.23. The highest BCUT2D eigenvalue weighted by Gasteiger charge is 2.47. The minimum Gasteiger partial charge on any atom is -0.354 e. The molecule has 2 saturated carbocycles. The van der Waals surface area contributed by atoms with Gasteiger partial charge in [-0.3, -0.25) is 4.79 Å². The molecule has 0 unspecified atom stereocenters. The number of benzene rings is 1. The lowest BCUT2D eigenvalue weighted by atomic mass is 9.65. The predicted octanol–water partition coefficient (Wildman–Crippen LogP) is 2.01. The summed E-state index contributed by atoms with van der Waals surface area (Å²) < 4.78 is 0. The molecule has 0 bridgehead atoms. The van der Waals surface area contributed by atoms with Crippen LogP contribution >= 0.6 is 0 Å². The smallest absolute Gasteiger partial charge is 0.240 e. The van der Waals surface area contributed by atoms with E-state index in [1.54, 1.807) is 0 Å². The summed E-state index contributed by atoms with van der Waals surface area (Å²) in [5.74, 6) is 0.0480. The van der Waals surface area contributed by atoms with Gasteiger partial charge in [0.1, 0.15) is 0 Å². The van der Waals surface area contributed by atoms with Crippen LogP contribution in [0.1, 0.15) is 37.7 Å². The van der Waals surface area contributed by atoms with Crippen LogP contribution in [0.5, 0.6) is 0 Å². The maximum absolute atomic E-state index is 11.9. The molecule has 0 atom stereocenters. The number of amides is 1. The van der Waals surface area contributed by atoms with Gasteiger partial charge in [-0.05, 0) is 43.1 Å². The summed E-state index contributed by atoms with van der Waals surface area (Å²) in [6.07, 6.45) is 6.43. The van der Waals surface area contributed by atoms with Crippen molar-refractivity contribution in [1.29, 1.82) is 0 Å². The van der Waals surface area contributed by atoms with Crippen molar-refractivity contribution in [3.05, 3.63) is 35.9 Å². The number of carbonyl (C=O) groups excluding carboxylic acids is 1. The number of nitrogens with two attached hydrogens (primary N) is 1. The van der Waals surface area contributed by atoms with Crippen molar-refractivity contribution in [2.45, 2.75) is 44.1 Å². The maximum Gasteiger partial charge on any atom is 0.240 e. The average molecular weight is 258 g/mol. The molecule has 0 aromatic heterocycles. The van der Waals surface area contributed by atoms with Gasteiger partial charge in [0.2, 0.25) is 5.91 Å². The molecule has 0 radical (unpaired) electrons. The second-order valence-corrected chi connectivity index (χ2v) is 6.35. The zero-order chi connectivity index (χ0) is 13.3. The number of hydrogen-bond acceptors (Lipinski definition) is 2. The van der Waals surface area contributed by atoms with E-state index >= 15 is 0 Å². The second-order valence-electron chi connectivity index (χ2n) is 6.35. The molecule has 0 saturated heterocycles. The van der Waals surface area contributed by atoms with E-state index in [0.29, 0.717) is 0 Å². The van der Waals surface area contributed by atoms with Gasteiger partial charge in [0.05, 0.1) is 5.54 Å². The molecule has 1 aromatic carbocycles. The lowest BCUT2D eigenvalue weighted by Crippen LogP contribution is -2.49. The lowest BCUT2D eigenvalue weighted by molar-refractivity contribution is -0.124. The minimum absolute atomic E-state index is 0.0480. The Kier molecular flexibility index (Phi) is 3.09. The fourth-order valence-corrected chi connectivity index (χ4v) is 2.93. The molecule has 0 spiro atoms. The summed E-state index contributed by atoms with van der Waals surface area (Å²) in [4.78, 5) is 11.9. The molecule has 19 heavy (non-hydrogen) atoms. The Morgan fingerprint density at radius 2 is 1.84 bits per heavy atom. The van der Waals surface area contributed by atoms with Crippen molar-refractivity contribution >= 4 is 5.91 Å². The van der Waals surface area contributed by atoms with E-state index in [9.17, 15) is 4.79 Å². The highest BCUT2D eigenvalue weighted by Crippen LogP contribution is 2.43. The highest BCUT2D eigenvalue weighted by atomic mass is 16.2. The minimum atomic E-state index is -0.544. The summed E-state index contributed by atoms with van der Waals surface area (Å²) in [5.41, 5.74) is 7.01. The Balaban J connectivity index is 1.59. The highest BCUT2D eigenvalue weighted by molar-refractivity contribution is 5.89. The fourth-order valence-electron chi connectivity index (χ4n) is 2.93. The predicted molar refractivity (Wildman–Crippen MR) is 75.6 cm³/mol. The van der Waals surface area contributed by atoms with E-state index in [-0.39, 0.29) is 11.3 Å². The van der Waals surface area contributed by atoms with Crippen LogP contribution in [0.3, 0.4) is 0 Å². The van der Waals surface area contributed by atoms with Crippen LogP contribution in [0.2, 0.25) is 0 Å². The molecule has 2 aliphatic rings.